The van der Waals surface area contributed by atoms with Crippen LogP contribution in [0.15, 0.2) is 84.9 Å². The summed E-state index contributed by atoms with van der Waals surface area (Å²) < 4.78 is 5.89. The van der Waals surface area contributed by atoms with E-state index < -0.39 is 0 Å². The Bertz CT molecular complexity index is 1250. The van der Waals surface area contributed by atoms with Crippen LogP contribution in [0.5, 0.6) is 11.5 Å². The molecule has 0 unspecified atom stereocenters. The monoisotopic (exact) mass is 423 g/mol. The number of aryl methyl sites for hydroxylation is 1. The summed E-state index contributed by atoms with van der Waals surface area (Å²) in [4.78, 5) is 22.1. The van der Waals surface area contributed by atoms with E-state index in [4.69, 9.17) is 9.72 Å². The van der Waals surface area contributed by atoms with Crippen LogP contribution in [-0.4, -0.2) is 42.0 Å². The minimum absolute atomic E-state index is 0.0332. The number of amides is 1. The quantitative estimate of drug-likeness (QED) is 0.447. The minimum atomic E-state index is 0.0332. The highest BCUT2D eigenvalue weighted by atomic mass is 16.5. The Morgan fingerprint density at radius 2 is 1.53 bits per heavy atom. The maximum absolute atomic E-state index is 13.1. The lowest BCUT2D eigenvalue weighted by Crippen LogP contribution is -2.49. The molecule has 1 fully saturated rings. The number of hydrogen-bond donors (Lipinski definition) is 0. The lowest BCUT2D eigenvalue weighted by molar-refractivity contribution is 0.0746. The number of carbonyl (C=O) groups is 1. The van der Waals surface area contributed by atoms with Crippen LogP contribution in [0, 0.1) is 6.92 Å². The highest BCUT2D eigenvalue weighted by molar-refractivity contribution is 5.94. The van der Waals surface area contributed by atoms with E-state index in [-0.39, 0.29) is 5.91 Å². The highest BCUT2D eigenvalue weighted by Gasteiger charge is 2.23. The lowest BCUT2D eigenvalue weighted by atomic mass is 10.1. The number of para-hydroxylation sites is 2. The van der Waals surface area contributed by atoms with Crippen LogP contribution in [-0.2, 0) is 0 Å². The van der Waals surface area contributed by atoms with E-state index in [0.717, 1.165) is 30.2 Å². The molecular weight excluding hydrogens is 398 g/mol. The summed E-state index contributed by atoms with van der Waals surface area (Å²) >= 11 is 0. The number of aromatic nitrogens is 1. The molecule has 1 aromatic heterocycles. The van der Waals surface area contributed by atoms with Gasteiger partial charge in [0.1, 0.15) is 17.3 Å². The predicted molar refractivity (Wildman–Crippen MR) is 128 cm³/mol. The molecule has 0 saturated carbocycles. The Labute approximate surface area is 187 Å². The zero-order valence-electron chi connectivity index (χ0n) is 18.1. The molecule has 5 rings (SSSR count). The molecule has 0 N–H and O–H groups in total. The first kappa shape index (κ1) is 20.1. The maximum Gasteiger partial charge on any atom is 0.254 e. The van der Waals surface area contributed by atoms with Crippen molar-refractivity contribution in [3.05, 3.63) is 96.1 Å². The first-order chi connectivity index (χ1) is 15.7. The molecule has 0 aliphatic carbocycles. The summed E-state index contributed by atoms with van der Waals surface area (Å²) in [5.74, 6) is 2.43. The SMILES string of the molecule is Cc1cc(N2CCN(C(=O)c3cccc(Oc4ccccc4)c3)CC2)nc2ccccc12. The van der Waals surface area contributed by atoms with Crippen molar-refractivity contribution in [1.29, 1.82) is 0 Å². The maximum atomic E-state index is 13.1. The number of piperazine rings is 1. The molecule has 5 nitrogen and oxygen atoms in total. The molecule has 0 atom stereocenters. The van der Waals surface area contributed by atoms with Crippen LogP contribution in [0.3, 0.4) is 0 Å². The van der Waals surface area contributed by atoms with Crippen molar-refractivity contribution in [1.82, 2.24) is 9.88 Å². The number of nitrogens with zero attached hydrogens (tertiary/aromatic N) is 3. The van der Waals surface area contributed by atoms with Gasteiger partial charge < -0.3 is 14.5 Å². The molecule has 1 aliphatic rings. The summed E-state index contributed by atoms with van der Waals surface area (Å²) in [6.07, 6.45) is 0. The van der Waals surface area contributed by atoms with Crippen LogP contribution in [0.1, 0.15) is 15.9 Å². The zero-order chi connectivity index (χ0) is 21.9. The van der Waals surface area contributed by atoms with Gasteiger partial charge in [-0.25, -0.2) is 4.98 Å². The van der Waals surface area contributed by atoms with Crippen molar-refractivity contribution >= 4 is 22.6 Å². The van der Waals surface area contributed by atoms with Crippen molar-refractivity contribution in [2.75, 3.05) is 31.1 Å². The van der Waals surface area contributed by atoms with Crippen LogP contribution in [0.25, 0.3) is 10.9 Å². The number of hydrogen-bond acceptors (Lipinski definition) is 4. The lowest BCUT2D eigenvalue weighted by Gasteiger charge is -2.35. The van der Waals surface area contributed by atoms with Crippen LogP contribution in [0.2, 0.25) is 0 Å². The summed E-state index contributed by atoms with van der Waals surface area (Å²) in [5, 5.41) is 1.18. The van der Waals surface area contributed by atoms with Gasteiger partial charge in [-0.2, -0.15) is 0 Å². The summed E-state index contributed by atoms with van der Waals surface area (Å²) in [6, 6.07) is 27.4. The van der Waals surface area contributed by atoms with Gasteiger partial charge in [0.05, 0.1) is 5.52 Å². The zero-order valence-corrected chi connectivity index (χ0v) is 18.1. The number of benzene rings is 3. The van der Waals surface area contributed by atoms with E-state index in [9.17, 15) is 4.79 Å². The summed E-state index contributed by atoms with van der Waals surface area (Å²) in [7, 11) is 0. The Kier molecular flexibility index (Phi) is 5.46. The van der Waals surface area contributed by atoms with Crippen LogP contribution in [0.4, 0.5) is 5.82 Å². The van der Waals surface area contributed by atoms with E-state index in [1.165, 1.54) is 10.9 Å². The molecular formula is C27H25N3O2. The van der Waals surface area contributed by atoms with Crippen LogP contribution >= 0.6 is 0 Å². The Morgan fingerprint density at radius 3 is 2.34 bits per heavy atom. The number of anilines is 1. The summed E-state index contributed by atoms with van der Waals surface area (Å²) in [6.45, 7) is 4.97. The molecule has 1 aliphatic heterocycles. The molecule has 0 radical (unpaired) electrons. The van der Waals surface area contributed by atoms with Crippen molar-refractivity contribution in [3.63, 3.8) is 0 Å². The second kappa shape index (κ2) is 8.71. The Balaban J connectivity index is 1.26. The molecule has 0 bridgehead atoms. The number of rotatable bonds is 4. The number of ether oxygens (including phenoxy) is 1. The van der Waals surface area contributed by atoms with Crippen molar-refractivity contribution < 1.29 is 9.53 Å². The largest absolute Gasteiger partial charge is 0.457 e. The molecule has 32 heavy (non-hydrogen) atoms. The first-order valence-corrected chi connectivity index (χ1v) is 10.9. The van der Waals surface area contributed by atoms with Crippen molar-refractivity contribution in [3.8, 4) is 11.5 Å². The standard InChI is InChI=1S/C27H25N3O2/c1-20-18-26(28-25-13-6-5-12-24(20)25)29-14-16-30(17-15-29)27(31)21-8-7-11-23(19-21)32-22-9-3-2-4-10-22/h2-13,18-19H,14-17H2,1H3. The van der Waals surface area contributed by atoms with Gasteiger partial charge in [-0.15, -0.1) is 0 Å². The van der Waals surface area contributed by atoms with Gasteiger partial charge in [0.2, 0.25) is 0 Å². The van der Waals surface area contributed by atoms with Gasteiger partial charge >= 0.3 is 0 Å². The van der Waals surface area contributed by atoms with E-state index in [2.05, 4.69) is 30.0 Å². The van der Waals surface area contributed by atoms with Gasteiger partial charge in [-0.05, 0) is 55.0 Å². The van der Waals surface area contributed by atoms with E-state index >= 15 is 0 Å². The average molecular weight is 424 g/mol. The Hall–Kier alpha value is -3.86. The first-order valence-electron chi connectivity index (χ1n) is 10.9. The fraction of sp³-hybridized carbons (Fsp3) is 0.185. The fourth-order valence-corrected chi connectivity index (χ4v) is 4.13. The van der Waals surface area contributed by atoms with E-state index in [1.807, 2.05) is 71.6 Å². The topological polar surface area (TPSA) is 45.7 Å². The molecule has 0 spiro atoms. The number of fused-ring (bicyclic) bond motifs is 1. The predicted octanol–water partition coefficient (Wildman–Crippen LogP) is 5.30. The van der Waals surface area contributed by atoms with Gasteiger partial charge in [0.15, 0.2) is 0 Å². The number of carbonyl (C=O) groups excluding carboxylic acids is 1. The smallest absolute Gasteiger partial charge is 0.254 e. The van der Waals surface area contributed by atoms with Gasteiger partial charge in [-0.1, -0.05) is 42.5 Å². The second-order valence-electron chi connectivity index (χ2n) is 8.04. The molecule has 160 valence electrons. The minimum Gasteiger partial charge on any atom is -0.457 e. The molecule has 4 aromatic rings. The Morgan fingerprint density at radius 1 is 0.812 bits per heavy atom. The number of pyridine rings is 1. The fourth-order valence-electron chi connectivity index (χ4n) is 4.13. The van der Waals surface area contributed by atoms with Gasteiger partial charge in [0, 0.05) is 37.1 Å². The third kappa shape index (κ3) is 4.14. The highest BCUT2D eigenvalue weighted by Crippen LogP contribution is 2.25. The van der Waals surface area contributed by atoms with Gasteiger partial charge in [0.25, 0.3) is 5.91 Å². The average Bonchev–Trinajstić information content (AvgIpc) is 2.84. The molecule has 3 aromatic carbocycles. The van der Waals surface area contributed by atoms with E-state index in [1.54, 1.807) is 0 Å². The molecule has 5 heteroatoms. The normalized spacial score (nSPS) is 13.9. The van der Waals surface area contributed by atoms with Gasteiger partial charge in [-0.3, -0.25) is 4.79 Å². The van der Waals surface area contributed by atoms with E-state index in [0.29, 0.717) is 24.4 Å². The second-order valence-corrected chi connectivity index (χ2v) is 8.04. The third-order valence-corrected chi connectivity index (χ3v) is 5.86. The molecule has 1 amide bonds. The van der Waals surface area contributed by atoms with Crippen molar-refractivity contribution in [2.24, 2.45) is 0 Å². The molecule has 2 heterocycles. The van der Waals surface area contributed by atoms with Crippen LogP contribution < -0.4 is 9.64 Å². The third-order valence-electron chi connectivity index (χ3n) is 5.86. The molecule has 1 saturated heterocycles. The van der Waals surface area contributed by atoms with Crippen molar-refractivity contribution in [2.45, 2.75) is 6.92 Å². The summed E-state index contributed by atoms with van der Waals surface area (Å²) in [5.41, 5.74) is 2.88.